The summed E-state index contributed by atoms with van der Waals surface area (Å²) in [6, 6.07) is 6.55. The topological polar surface area (TPSA) is 75.5 Å². The van der Waals surface area contributed by atoms with Crippen molar-refractivity contribution in [3.63, 3.8) is 0 Å². The molecule has 108 valence electrons. The number of carbonyl (C=O) groups is 1. The Morgan fingerprint density at radius 3 is 2.75 bits per heavy atom. The summed E-state index contributed by atoms with van der Waals surface area (Å²) in [6.45, 7) is 6.06. The van der Waals surface area contributed by atoms with Gasteiger partial charge in [-0.15, -0.1) is 0 Å². The molecule has 0 bridgehead atoms. The van der Waals surface area contributed by atoms with E-state index in [0.717, 1.165) is 13.1 Å². The average Bonchev–Trinajstić information content (AvgIpc) is 2.41. The van der Waals surface area contributed by atoms with E-state index in [4.69, 9.17) is 0 Å². The van der Waals surface area contributed by atoms with Gasteiger partial charge in [0.15, 0.2) is 0 Å². The van der Waals surface area contributed by atoms with Crippen LogP contribution in [0.25, 0.3) is 0 Å². The maximum atomic E-state index is 12.5. The highest BCUT2D eigenvalue weighted by Gasteiger charge is 2.30. The summed E-state index contributed by atoms with van der Waals surface area (Å²) in [4.78, 5) is 24.7. The van der Waals surface area contributed by atoms with E-state index in [1.165, 1.54) is 12.1 Å². The summed E-state index contributed by atoms with van der Waals surface area (Å²) in [5.41, 5.74) is 0.713. The van der Waals surface area contributed by atoms with Crippen LogP contribution in [0.5, 0.6) is 0 Å². The predicted octanol–water partition coefficient (Wildman–Crippen LogP) is 1.52. The molecule has 20 heavy (non-hydrogen) atoms. The van der Waals surface area contributed by atoms with Crippen molar-refractivity contribution in [3.05, 3.63) is 39.9 Å². The maximum Gasteiger partial charge on any atom is 0.269 e. The summed E-state index contributed by atoms with van der Waals surface area (Å²) in [7, 11) is 0. The SMILES string of the molecule is CCN(C(=O)C(C)c1cccc([N+](=O)[O-])c1)C1CNC1. The second-order valence-corrected chi connectivity index (χ2v) is 5.01. The third-order valence-electron chi connectivity index (χ3n) is 3.78. The van der Waals surface area contributed by atoms with Gasteiger partial charge in [0, 0.05) is 31.8 Å². The number of nitro benzene ring substituents is 1. The zero-order valence-corrected chi connectivity index (χ0v) is 11.7. The smallest absolute Gasteiger partial charge is 0.269 e. The lowest BCUT2D eigenvalue weighted by molar-refractivity contribution is -0.384. The van der Waals surface area contributed by atoms with Crippen LogP contribution in [0.2, 0.25) is 0 Å². The average molecular weight is 277 g/mol. The molecular weight excluding hydrogens is 258 g/mol. The van der Waals surface area contributed by atoms with Crippen molar-refractivity contribution in [2.45, 2.75) is 25.8 Å². The fourth-order valence-corrected chi connectivity index (χ4v) is 2.39. The highest BCUT2D eigenvalue weighted by atomic mass is 16.6. The molecule has 1 N–H and O–H groups in total. The Bertz CT molecular complexity index is 514. The van der Waals surface area contributed by atoms with Crippen LogP contribution in [0.15, 0.2) is 24.3 Å². The van der Waals surface area contributed by atoms with E-state index >= 15 is 0 Å². The second-order valence-electron chi connectivity index (χ2n) is 5.01. The molecule has 1 aliphatic rings. The molecule has 6 nitrogen and oxygen atoms in total. The van der Waals surface area contributed by atoms with Crippen molar-refractivity contribution in [2.24, 2.45) is 0 Å². The molecule has 0 spiro atoms. The van der Waals surface area contributed by atoms with Crippen LogP contribution in [-0.4, -0.2) is 41.4 Å². The Morgan fingerprint density at radius 2 is 2.25 bits per heavy atom. The minimum Gasteiger partial charge on any atom is -0.337 e. The van der Waals surface area contributed by atoms with Crippen LogP contribution in [0.4, 0.5) is 5.69 Å². The maximum absolute atomic E-state index is 12.5. The van der Waals surface area contributed by atoms with Gasteiger partial charge in [0.25, 0.3) is 5.69 Å². The molecule has 0 aromatic heterocycles. The van der Waals surface area contributed by atoms with Crippen LogP contribution >= 0.6 is 0 Å². The lowest BCUT2D eigenvalue weighted by Crippen LogP contribution is -2.59. The van der Waals surface area contributed by atoms with Crippen LogP contribution in [0, 0.1) is 10.1 Å². The zero-order chi connectivity index (χ0) is 14.7. The number of hydrogen-bond donors (Lipinski definition) is 1. The highest BCUT2D eigenvalue weighted by molar-refractivity contribution is 5.84. The van der Waals surface area contributed by atoms with Gasteiger partial charge in [-0.2, -0.15) is 0 Å². The van der Waals surface area contributed by atoms with Gasteiger partial charge in [-0.05, 0) is 19.4 Å². The number of likely N-dealkylation sites (N-methyl/N-ethyl adjacent to an activating group) is 1. The molecule has 1 aromatic carbocycles. The summed E-state index contributed by atoms with van der Waals surface area (Å²) in [5.74, 6) is -0.338. The third kappa shape index (κ3) is 2.80. The molecule has 1 atom stereocenters. The van der Waals surface area contributed by atoms with Crippen molar-refractivity contribution in [1.29, 1.82) is 0 Å². The summed E-state index contributed by atoms with van der Waals surface area (Å²) < 4.78 is 0. The molecule has 6 heteroatoms. The third-order valence-corrected chi connectivity index (χ3v) is 3.78. The van der Waals surface area contributed by atoms with E-state index in [9.17, 15) is 14.9 Å². The Labute approximate surface area is 117 Å². The van der Waals surface area contributed by atoms with Gasteiger partial charge in [0.1, 0.15) is 0 Å². The van der Waals surface area contributed by atoms with Crippen molar-refractivity contribution >= 4 is 11.6 Å². The molecule has 1 aromatic rings. The largest absolute Gasteiger partial charge is 0.337 e. The van der Waals surface area contributed by atoms with Crippen molar-refractivity contribution in [1.82, 2.24) is 10.2 Å². The molecular formula is C14H19N3O3. The Kier molecular flexibility index (Phi) is 4.34. The number of nitro groups is 1. The molecule has 1 unspecified atom stereocenters. The minimum atomic E-state index is -0.436. The number of nitrogens with zero attached hydrogens (tertiary/aromatic N) is 2. The Hall–Kier alpha value is -1.95. The van der Waals surface area contributed by atoms with Gasteiger partial charge >= 0.3 is 0 Å². The van der Waals surface area contributed by atoms with Gasteiger partial charge in [-0.25, -0.2) is 0 Å². The standard InChI is InChI=1S/C14H19N3O3/c1-3-16(13-8-15-9-13)14(18)10(2)11-5-4-6-12(7-11)17(19)20/h4-7,10,13,15H,3,8-9H2,1-2H3. The number of carbonyl (C=O) groups excluding carboxylic acids is 1. The van der Waals surface area contributed by atoms with Crippen molar-refractivity contribution in [2.75, 3.05) is 19.6 Å². The van der Waals surface area contributed by atoms with Gasteiger partial charge in [0.2, 0.25) is 5.91 Å². The minimum absolute atomic E-state index is 0.0236. The van der Waals surface area contributed by atoms with E-state index in [-0.39, 0.29) is 23.6 Å². The quantitative estimate of drug-likeness (QED) is 0.654. The number of benzene rings is 1. The first-order chi connectivity index (χ1) is 9.54. The molecule has 0 radical (unpaired) electrons. The number of rotatable bonds is 5. The zero-order valence-electron chi connectivity index (χ0n) is 11.7. The lowest BCUT2D eigenvalue weighted by atomic mass is 9.97. The fourth-order valence-electron chi connectivity index (χ4n) is 2.39. The molecule has 0 saturated carbocycles. The van der Waals surface area contributed by atoms with Crippen molar-refractivity contribution < 1.29 is 9.72 Å². The molecule has 1 fully saturated rings. The molecule has 1 amide bonds. The Morgan fingerprint density at radius 1 is 1.55 bits per heavy atom. The van der Waals surface area contributed by atoms with E-state index in [1.54, 1.807) is 19.1 Å². The monoisotopic (exact) mass is 277 g/mol. The predicted molar refractivity (Wildman–Crippen MR) is 75.6 cm³/mol. The number of nitrogens with one attached hydrogen (secondary N) is 1. The van der Waals surface area contributed by atoms with E-state index in [1.807, 2.05) is 11.8 Å². The van der Waals surface area contributed by atoms with E-state index < -0.39 is 4.92 Å². The molecule has 1 heterocycles. The van der Waals surface area contributed by atoms with Gasteiger partial charge in [-0.3, -0.25) is 14.9 Å². The van der Waals surface area contributed by atoms with Crippen LogP contribution in [-0.2, 0) is 4.79 Å². The summed E-state index contributed by atoms with van der Waals surface area (Å²) >= 11 is 0. The number of amides is 1. The van der Waals surface area contributed by atoms with Crippen molar-refractivity contribution in [3.8, 4) is 0 Å². The molecule has 2 rings (SSSR count). The van der Waals surface area contributed by atoms with Gasteiger partial charge < -0.3 is 10.2 Å². The van der Waals surface area contributed by atoms with E-state index in [0.29, 0.717) is 12.1 Å². The first kappa shape index (κ1) is 14.5. The Balaban J connectivity index is 2.16. The molecule has 0 aliphatic carbocycles. The van der Waals surface area contributed by atoms with Gasteiger partial charge in [-0.1, -0.05) is 12.1 Å². The number of hydrogen-bond acceptors (Lipinski definition) is 4. The highest BCUT2D eigenvalue weighted by Crippen LogP contribution is 2.23. The summed E-state index contributed by atoms with van der Waals surface area (Å²) in [5, 5.41) is 14.0. The first-order valence-electron chi connectivity index (χ1n) is 6.80. The molecule has 1 saturated heterocycles. The summed E-state index contributed by atoms with van der Waals surface area (Å²) in [6.07, 6.45) is 0. The fraction of sp³-hybridized carbons (Fsp3) is 0.500. The van der Waals surface area contributed by atoms with E-state index in [2.05, 4.69) is 5.32 Å². The van der Waals surface area contributed by atoms with Crippen LogP contribution in [0.3, 0.4) is 0 Å². The first-order valence-corrected chi connectivity index (χ1v) is 6.80. The van der Waals surface area contributed by atoms with Crippen LogP contribution < -0.4 is 5.32 Å². The normalized spacial score (nSPS) is 16.3. The lowest BCUT2D eigenvalue weighted by Gasteiger charge is -2.39. The second kappa shape index (κ2) is 6.00. The van der Waals surface area contributed by atoms with Crippen LogP contribution in [0.1, 0.15) is 25.3 Å². The molecule has 1 aliphatic heterocycles. The number of non-ortho nitro benzene ring substituents is 1. The van der Waals surface area contributed by atoms with Gasteiger partial charge in [0.05, 0.1) is 16.9 Å².